The van der Waals surface area contributed by atoms with Crippen molar-refractivity contribution in [3.63, 3.8) is 0 Å². The third-order valence-electron chi connectivity index (χ3n) is 5.58. The normalized spacial score (nSPS) is 14.6. The standard InChI is InChI=1S/C21H22F3N5O3S/c1-4-18(30)29(12-6-7-12)13-8-16(33(31,32)5-2)19(26-10-13)20-27-14-9-17(21(22,23)24)25-11-15(14)28(20)3/h8-12H,4-7H2,1-3H3. The molecule has 3 aromatic rings. The second-order valence-electron chi connectivity index (χ2n) is 7.84. The summed E-state index contributed by atoms with van der Waals surface area (Å²) in [4.78, 5) is 26.0. The second-order valence-corrected chi connectivity index (χ2v) is 10.1. The number of sulfone groups is 1. The fourth-order valence-electron chi connectivity index (χ4n) is 3.64. The smallest absolute Gasteiger partial charge is 0.324 e. The molecule has 4 rings (SSSR count). The molecule has 1 saturated carbocycles. The van der Waals surface area contributed by atoms with Crippen molar-refractivity contribution in [2.24, 2.45) is 7.05 Å². The maximum atomic E-state index is 13.1. The average Bonchev–Trinajstić information content (AvgIpc) is 3.55. The van der Waals surface area contributed by atoms with Crippen molar-refractivity contribution in [2.45, 2.75) is 50.2 Å². The molecule has 0 atom stereocenters. The minimum atomic E-state index is -4.64. The van der Waals surface area contributed by atoms with Crippen molar-refractivity contribution in [3.8, 4) is 11.5 Å². The van der Waals surface area contributed by atoms with E-state index in [-0.39, 0.29) is 46.1 Å². The monoisotopic (exact) mass is 481 g/mol. The first-order valence-electron chi connectivity index (χ1n) is 10.4. The number of aromatic nitrogens is 4. The molecule has 0 N–H and O–H groups in total. The Bertz CT molecular complexity index is 1350. The number of carbonyl (C=O) groups is 1. The quantitative estimate of drug-likeness (QED) is 0.532. The van der Waals surface area contributed by atoms with E-state index < -0.39 is 21.7 Å². The van der Waals surface area contributed by atoms with Crippen LogP contribution in [0.5, 0.6) is 0 Å². The maximum Gasteiger partial charge on any atom is 0.433 e. The molecular weight excluding hydrogens is 459 g/mol. The summed E-state index contributed by atoms with van der Waals surface area (Å²) in [5.74, 6) is -0.273. The number of pyridine rings is 2. The van der Waals surface area contributed by atoms with Crippen LogP contribution in [0, 0.1) is 0 Å². The number of hydrogen-bond acceptors (Lipinski definition) is 6. The predicted octanol–water partition coefficient (Wildman–Crippen LogP) is 3.75. The van der Waals surface area contributed by atoms with Gasteiger partial charge in [-0.05, 0) is 25.0 Å². The largest absolute Gasteiger partial charge is 0.433 e. The summed E-state index contributed by atoms with van der Waals surface area (Å²) in [6.07, 6.45) is -0.278. The zero-order chi connectivity index (χ0) is 24.1. The van der Waals surface area contributed by atoms with E-state index in [4.69, 9.17) is 0 Å². The first-order chi connectivity index (χ1) is 15.5. The minimum Gasteiger partial charge on any atom is -0.324 e. The summed E-state index contributed by atoms with van der Waals surface area (Å²) in [6, 6.07) is 2.23. The Kier molecular flexibility index (Phi) is 5.67. The predicted molar refractivity (Wildman–Crippen MR) is 115 cm³/mol. The molecular formula is C21H22F3N5O3S. The van der Waals surface area contributed by atoms with Crippen LogP contribution in [-0.2, 0) is 27.9 Å². The highest BCUT2D eigenvalue weighted by atomic mass is 32.2. The number of fused-ring (bicyclic) bond motifs is 1. The third kappa shape index (κ3) is 4.19. The number of carbonyl (C=O) groups excluding carboxylic acids is 1. The van der Waals surface area contributed by atoms with Gasteiger partial charge in [-0.1, -0.05) is 13.8 Å². The molecule has 0 aromatic carbocycles. The number of imidazole rings is 1. The van der Waals surface area contributed by atoms with Crippen LogP contribution in [0.2, 0.25) is 0 Å². The molecule has 1 aliphatic carbocycles. The van der Waals surface area contributed by atoms with Gasteiger partial charge in [0.2, 0.25) is 5.91 Å². The summed E-state index contributed by atoms with van der Waals surface area (Å²) in [6.45, 7) is 3.21. The van der Waals surface area contributed by atoms with Crippen LogP contribution < -0.4 is 4.90 Å². The summed E-state index contributed by atoms with van der Waals surface area (Å²) < 4.78 is 66.6. The van der Waals surface area contributed by atoms with E-state index in [2.05, 4.69) is 15.0 Å². The Labute approximate surface area is 188 Å². The van der Waals surface area contributed by atoms with Crippen molar-refractivity contribution in [3.05, 3.63) is 30.2 Å². The van der Waals surface area contributed by atoms with Crippen LogP contribution in [0.1, 0.15) is 38.8 Å². The molecule has 3 aromatic heterocycles. The summed E-state index contributed by atoms with van der Waals surface area (Å²) >= 11 is 0. The van der Waals surface area contributed by atoms with Gasteiger partial charge >= 0.3 is 6.18 Å². The lowest BCUT2D eigenvalue weighted by molar-refractivity contribution is -0.141. The topological polar surface area (TPSA) is 98.1 Å². The Balaban J connectivity index is 1.91. The number of hydrogen-bond donors (Lipinski definition) is 0. The lowest BCUT2D eigenvalue weighted by Crippen LogP contribution is -2.32. The summed E-state index contributed by atoms with van der Waals surface area (Å²) in [5, 5.41) is 0. The molecule has 0 unspecified atom stereocenters. The number of nitrogens with zero attached hydrogens (tertiary/aromatic N) is 5. The highest BCUT2D eigenvalue weighted by Gasteiger charge is 2.35. The molecule has 33 heavy (non-hydrogen) atoms. The number of rotatable bonds is 6. The molecule has 0 saturated heterocycles. The molecule has 1 fully saturated rings. The molecule has 0 bridgehead atoms. The Hall–Kier alpha value is -3.02. The van der Waals surface area contributed by atoms with Crippen molar-refractivity contribution >= 4 is 32.5 Å². The Morgan fingerprint density at radius 3 is 2.45 bits per heavy atom. The van der Waals surface area contributed by atoms with Crippen molar-refractivity contribution in [2.75, 3.05) is 10.7 Å². The molecule has 0 spiro atoms. The number of alkyl halides is 3. The van der Waals surface area contributed by atoms with Gasteiger partial charge in [-0.2, -0.15) is 13.2 Å². The van der Waals surface area contributed by atoms with Crippen LogP contribution in [0.15, 0.2) is 29.4 Å². The summed E-state index contributed by atoms with van der Waals surface area (Å²) in [5.41, 5.74) is -0.402. The third-order valence-corrected chi connectivity index (χ3v) is 7.33. The zero-order valence-electron chi connectivity index (χ0n) is 18.2. The molecule has 8 nitrogen and oxygen atoms in total. The van der Waals surface area contributed by atoms with Gasteiger partial charge in [-0.3, -0.25) is 4.79 Å². The van der Waals surface area contributed by atoms with Gasteiger partial charge < -0.3 is 9.47 Å². The van der Waals surface area contributed by atoms with E-state index in [9.17, 15) is 26.4 Å². The van der Waals surface area contributed by atoms with Gasteiger partial charge in [-0.15, -0.1) is 0 Å². The van der Waals surface area contributed by atoms with E-state index in [1.165, 1.54) is 23.8 Å². The maximum absolute atomic E-state index is 13.1. The van der Waals surface area contributed by atoms with E-state index in [1.807, 2.05) is 0 Å². The Morgan fingerprint density at radius 2 is 1.88 bits per heavy atom. The van der Waals surface area contributed by atoms with Gasteiger partial charge in [-0.25, -0.2) is 23.4 Å². The van der Waals surface area contributed by atoms with Crippen LogP contribution in [0.25, 0.3) is 22.6 Å². The lowest BCUT2D eigenvalue weighted by Gasteiger charge is -2.23. The highest BCUT2D eigenvalue weighted by molar-refractivity contribution is 7.91. The Morgan fingerprint density at radius 1 is 1.18 bits per heavy atom. The molecule has 12 heteroatoms. The van der Waals surface area contributed by atoms with Crippen LogP contribution in [-0.4, -0.2) is 45.6 Å². The first-order valence-corrected chi connectivity index (χ1v) is 12.1. The van der Waals surface area contributed by atoms with E-state index in [0.717, 1.165) is 25.1 Å². The van der Waals surface area contributed by atoms with Crippen molar-refractivity contribution in [1.82, 2.24) is 19.5 Å². The van der Waals surface area contributed by atoms with Crippen molar-refractivity contribution in [1.29, 1.82) is 0 Å². The molecule has 0 radical (unpaired) electrons. The van der Waals surface area contributed by atoms with E-state index >= 15 is 0 Å². The number of anilines is 1. The number of halogens is 3. The second kappa shape index (κ2) is 8.08. The van der Waals surface area contributed by atoms with Gasteiger partial charge in [0.25, 0.3) is 0 Å². The fraction of sp³-hybridized carbons (Fsp3) is 0.429. The van der Waals surface area contributed by atoms with Crippen LogP contribution in [0.3, 0.4) is 0 Å². The summed E-state index contributed by atoms with van der Waals surface area (Å²) in [7, 11) is -2.26. The van der Waals surface area contributed by atoms with Gasteiger partial charge in [0.1, 0.15) is 11.4 Å². The number of aryl methyl sites for hydroxylation is 1. The van der Waals surface area contributed by atoms with Gasteiger partial charge in [0, 0.05) is 19.5 Å². The van der Waals surface area contributed by atoms with E-state index in [1.54, 1.807) is 18.9 Å². The average molecular weight is 482 g/mol. The van der Waals surface area contributed by atoms with Gasteiger partial charge in [0.05, 0.1) is 39.8 Å². The molecule has 0 aliphatic heterocycles. The number of amides is 1. The van der Waals surface area contributed by atoms with E-state index in [0.29, 0.717) is 11.2 Å². The fourth-order valence-corrected chi connectivity index (χ4v) is 4.69. The van der Waals surface area contributed by atoms with Crippen LogP contribution >= 0.6 is 0 Å². The van der Waals surface area contributed by atoms with Crippen molar-refractivity contribution < 1.29 is 26.4 Å². The highest BCUT2D eigenvalue weighted by Crippen LogP contribution is 2.36. The molecule has 1 aliphatic rings. The lowest BCUT2D eigenvalue weighted by atomic mass is 10.2. The SMILES string of the molecule is CCC(=O)N(c1cnc(-c2nc3cc(C(F)(F)F)ncc3n2C)c(S(=O)(=O)CC)c1)C1CC1. The molecule has 176 valence electrons. The minimum absolute atomic E-state index is 0.00453. The molecule has 3 heterocycles. The zero-order valence-corrected chi connectivity index (χ0v) is 19.0. The molecule has 1 amide bonds. The van der Waals surface area contributed by atoms with Crippen LogP contribution in [0.4, 0.5) is 18.9 Å². The first kappa shape index (κ1) is 23.1. The van der Waals surface area contributed by atoms with Gasteiger partial charge in [0.15, 0.2) is 15.7 Å².